The minimum atomic E-state index is -0.360. The molecule has 3 N–H and O–H groups in total. The fourth-order valence-corrected chi connectivity index (χ4v) is 2.88. The summed E-state index contributed by atoms with van der Waals surface area (Å²) < 4.78 is 5.59. The smallest absolute Gasteiger partial charge is 0.359 e. The van der Waals surface area contributed by atoms with Crippen molar-refractivity contribution in [3.05, 3.63) is 23.9 Å². The number of benzene rings is 1. The number of carbonyl (C=O) groups excluding carboxylic acids is 1. The number of fused-ring (bicyclic) bond motifs is 1. The van der Waals surface area contributed by atoms with Crippen molar-refractivity contribution in [2.75, 3.05) is 5.73 Å². The first-order chi connectivity index (χ1) is 9.63. The molecule has 5 heteroatoms. The Bertz CT molecular complexity index is 635. The fourth-order valence-electron chi connectivity index (χ4n) is 2.88. The van der Waals surface area contributed by atoms with Crippen LogP contribution in [0.25, 0.3) is 10.9 Å². The highest BCUT2D eigenvalue weighted by Gasteiger charge is 2.24. The van der Waals surface area contributed by atoms with Crippen LogP contribution >= 0.6 is 0 Å². The molecule has 0 bridgehead atoms. The van der Waals surface area contributed by atoms with Crippen molar-refractivity contribution in [2.24, 2.45) is 5.92 Å². The van der Waals surface area contributed by atoms with Gasteiger partial charge in [-0.15, -0.1) is 0 Å². The number of nitrogens with one attached hydrogen (secondary N) is 1. The Hall–Kier alpha value is -2.04. The molecule has 3 rings (SSSR count). The molecule has 0 aliphatic heterocycles. The molecule has 1 saturated carbocycles. The Balaban J connectivity index is 1.80. The molecule has 1 fully saturated rings. The van der Waals surface area contributed by atoms with E-state index in [0.717, 1.165) is 30.2 Å². The monoisotopic (exact) mass is 273 g/mol. The van der Waals surface area contributed by atoms with Gasteiger partial charge in [0.15, 0.2) is 5.69 Å². The SMILES string of the molecule is CC1CCCC(OC(=O)c2n[nH]c3ccc(N)cc23)C1. The van der Waals surface area contributed by atoms with Gasteiger partial charge in [-0.05, 0) is 43.4 Å². The van der Waals surface area contributed by atoms with Crippen molar-refractivity contribution < 1.29 is 9.53 Å². The number of rotatable bonds is 2. The van der Waals surface area contributed by atoms with Gasteiger partial charge in [-0.3, -0.25) is 5.10 Å². The third kappa shape index (κ3) is 2.48. The number of hydrogen-bond acceptors (Lipinski definition) is 4. The van der Waals surface area contributed by atoms with Gasteiger partial charge in [0, 0.05) is 11.1 Å². The van der Waals surface area contributed by atoms with E-state index in [1.165, 1.54) is 6.42 Å². The minimum absolute atomic E-state index is 0.0130. The lowest BCUT2D eigenvalue weighted by molar-refractivity contribution is 0.0151. The van der Waals surface area contributed by atoms with E-state index in [1.807, 2.05) is 6.07 Å². The quantitative estimate of drug-likeness (QED) is 0.651. The molecule has 2 unspecified atom stereocenters. The molecule has 1 aromatic carbocycles. The predicted molar refractivity (Wildman–Crippen MR) is 77.3 cm³/mol. The second-order valence-electron chi connectivity index (χ2n) is 5.68. The lowest BCUT2D eigenvalue weighted by Crippen LogP contribution is -2.24. The van der Waals surface area contributed by atoms with Crippen LogP contribution in [0.15, 0.2) is 18.2 Å². The van der Waals surface area contributed by atoms with Crippen LogP contribution in [0.3, 0.4) is 0 Å². The first-order valence-corrected chi connectivity index (χ1v) is 7.08. The van der Waals surface area contributed by atoms with E-state index in [2.05, 4.69) is 17.1 Å². The number of aromatic amines is 1. The Labute approximate surface area is 117 Å². The largest absolute Gasteiger partial charge is 0.458 e. The number of aromatic nitrogens is 2. The van der Waals surface area contributed by atoms with E-state index < -0.39 is 0 Å². The first-order valence-electron chi connectivity index (χ1n) is 7.08. The summed E-state index contributed by atoms with van der Waals surface area (Å²) in [5.41, 5.74) is 7.49. The molecular formula is C15H19N3O2. The number of anilines is 1. The maximum atomic E-state index is 12.3. The number of hydrogen-bond donors (Lipinski definition) is 2. The molecule has 0 spiro atoms. The topological polar surface area (TPSA) is 81.0 Å². The Morgan fingerprint density at radius 3 is 3.10 bits per heavy atom. The van der Waals surface area contributed by atoms with E-state index in [4.69, 9.17) is 10.5 Å². The van der Waals surface area contributed by atoms with Crippen LogP contribution in [-0.2, 0) is 4.74 Å². The van der Waals surface area contributed by atoms with Gasteiger partial charge in [-0.25, -0.2) is 4.79 Å². The molecule has 2 aromatic rings. The molecule has 0 saturated heterocycles. The van der Waals surface area contributed by atoms with Crippen LogP contribution in [0.4, 0.5) is 5.69 Å². The Morgan fingerprint density at radius 1 is 1.45 bits per heavy atom. The van der Waals surface area contributed by atoms with E-state index >= 15 is 0 Å². The zero-order valence-corrected chi connectivity index (χ0v) is 11.6. The lowest BCUT2D eigenvalue weighted by Gasteiger charge is -2.26. The molecule has 1 aliphatic rings. The third-order valence-electron chi connectivity index (χ3n) is 3.94. The van der Waals surface area contributed by atoms with Gasteiger partial charge in [0.2, 0.25) is 0 Å². The second-order valence-corrected chi connectivity index (χ2v) is 5.68. The highest BCUT2D eigenvalue weighted by atomic mass is 16.5. The van der Waals surface area contributed by atoms with E-state index in [0.29, 0.717) is 17.3 Å². The van der Waals surface area contributed by atoms with Gasteiger partial charge in [0.05, 0.1) is 5.52 Å². The highest BCUT2D eigenvalue weighted by Crippen LogP contribution is 2.27. The van der Waals surface area contributed by atoms with Gasteiger partial charge in [0.25, 0.3) is 0 Å². The van der Waals surface area contributed by atoms with E-state index in [-0.39, 0.29) is 12.1 Å². The van der Waals surface area contributed by atoms with Crippen LogP contribution in [0.2, 0.25) is 0 Å². The molecule has 20 heavy (non-hydrogen) atoms. The van der Waals surface area contributed by atoms with Gasteiger partial charge < -0.3 is 10.5 Å². The highest BCUT2D eigenvalue weighted by molar-refractivity contribution is 6.02. The van der Waals surface area contributed by atoms with Crippen LogP contribution < -0.4 is 5.73 Å². The predicted octanol–water partition coefficient (Wildman–Crippen LogP) is 2.88. The van der Waals surface area contributed by atoms with Crippen LogP contribution in [-0.4, -0.2) is 22.3 Å². The number of H-pyrrole nitrogens is 1. The van der Waals surface area contributed by atoms with Crippen LogP contribution in [0.5, 0.6) is 0 Å². The van der Waals surface area contributed by atoms with Gasteiger partial charge >= 0.3 is 5.97 Å². The molecule has 5 nitrogen and oxygen atoms in total. The number of nitrogens with zero attached hydrogens (tertiary/aromatic N) is 1. The standard InChI is InChI=1S/C15H19N3O2/c1-9-3-2-4-11(7-9)20-15(19)14-12-8-10(16)5-6-13(12)17-18-14/h5-6,8-9,11H,2-4,7,16H2,1H3,(H,17,18). The summed E-state index contributed by atoms with van der Waals surface area (Å²) in [6.45, 7) is 2.20. The van der Waals surface area contributed by atoms with Crippen molar-refractivity contribution >= 4 is 22.6 Å². The van der Waals surface area contributed by atoms with E-state index in [9.17, 15) is 4.79 Å². The number of esters is 1. The molecule has 2 atom stereocenters. The summed E-state index contributed by atoms with van der Waals surface area (Å²) in [6.07, 6.45) is 4.24. The van der Waals surface area contributed by atoms with Crippen molar-refractivity contribution in [3.8, 4) is 0 Å². The number of nitrogens with two attached hydrogens (primary N) is 1. The van der Waals surface area contributed by atoms with Gasteiger partial charge in [-0.1, -0.05) is 13.3 Å². The van der Waals surface area contributed by atoms with Crippen LogP contribution in [0, 0.1) is 5.92 Å². The summed E-state index contributed by atoms with van der Waals surface area (Å²) in [5, 5.41) is 7.62. The van der Waals surface area contributed by atoms with Crippen LogP contribution in [0.1, 0.15) is 43.1 Å². The van der Waals surface area contributed by atoms with E-state index in [1.54, 1.807) is 12.1 Å². The molecule has 1 aliphatic carbocycles. The summed E-state index contributed by atoms with van der Waals surface area (Å²) in [6, 6.07) is 5.34. The average Bonchev–Trinajstić information content (AvgIpc) is 2.81. The molecule has 0 radical (unpaired) electrons. The summed E-state index contributed by atoms with van der Waals surface area (Å²) in [5.74, 6) is 0.258. The fraction of sp³-hybridized carbons (Fsp3) is 0.467. The zero-order valence-electron chi connectivity index (χ0n) is 11.6. The van der Waals surface area contributed by atoms with Crippen molar-refractivity contribution in [2.45, 2.75) is 38.7 Å². The second kappa shape index (κ2) is 5.15. The zero-order chi connectivity index (χ0) is 14.1. The number of nitrogen functional groups attached to an aromatic ring is 1. The first kappa shape index (κ1) is 13.0. The van der Waals surface area contributed by atoms with Gasteiger partial charge in [0.1, 0.15) is 6.10 Å². The molecular weight excluding hydrogens is 254 g/mol. The molecule has 106 valence electrons. The average molecular weight is 273 g/mol. The number of ether oxygens (including phenoxy) is 1. The molecule has 1 aromatic heterocycles. The lowest BCUT2D eigenvalue weighted by atomic mass is 9.89. The summed E-state index contributed by atoms with van der Waals surface area (Å²) in [4.78, 5) is 12.3. The van der Waals surface area contributed by atoms with Crippen molar-refractivity contribution in [1.29, 1.82) is 0 Å². The molecule has 1 heterocycles. The Kier molecular flexibility index (Phi) is 3.34. The maximum absolute atomic E-state index is 12.3. The minimum Gasteiger partial charge on any atom is -0.458 e. The van der Waals surface area contributed by atoms with Gasteiger partial charge in [-0.2, -0.15) is 5.10 Å². The molecule has 0 amide bonds. The Morgan fingerprint density at radius 2 is 2.30 bits per heavy atom. The third-order valence-corrected chi connectivity index (χ3v) is 3.94. The van der Waals surface area contributed by atoms with Crippen molar-refractivity contribution in [3.63, 3.8) is 0 Å². The maximum Gasteiger partial charge on any atom is 0.359 e. The van der Waals surface area contributed by atoms with Crippen molar-refractivity contribution in [1.82, 2.24) is 10.2 Å². The summed E-state index contributed by atoms with van der Waals surface area (Å²) in [7, 11) is 0. The number of carbonyl (C=O) groups is 1. The summed E-state index contributed by atoms with van der Waals surface area (Å²) >= 11 is 0. The normalized spacial score (nSPS) is 22.9.